The van der Waals surface area contributed by atoms with Gasteiger partial charge < -0.3 is 9.64 Å². The Morgan fingerprint density at radius 2 is 1.89 bits per heavy atom. The molecule has 0 saturated carbocycles. The number of methoxy groups -OCH3 is 1. The molecule has 0 bridgehead atoms. The molecule has 0 fully saturated rings. The average molecular weight is 284 g/mol. The fourth-order valence-electron chi connectivity index (χ4n) is 1.99. The summed E-state index contributed by atoms with van der Waals surface area (Å²) < 4.78 is 5.05. The van der Waals surface area contributed by atoms with E-state index in [1.54, 1.807) is 12.0 Å². The number of amides is 1. The molecule has 0 heterocycles. The normalized spacial score (nSPS) is 11.4. The van der Waals surface area contributed by atoms with Crippen molar-refractivity contribution in [2.24, 2.45) is 0 Å². The standard InChI is InChI=1S/C15H22ClNO2/c1-15(2,13-7-5-4-6-8-13)14(18)17(10-9-16)11-12-19-3/h4-8H,9-12H2,1-3H3. The molecule has 3 nitrogen and oxygen atoms in total. The third-order valence-electron chi connectivity index (χ3n) is 3.24. The molecule has 19 heavy (non-hydrogen) atoms. The van der Waals surface area contributed by atoms with Crippen LogP contribution in [-0.2, 0) is 14.9 Å². The van der Waals surface area contributed by atoms with Gasteiger partial charge in [-0.1, -0.05) is 30.3 Å². The average Bonchev–Trinajstić information content (AvgIpc) is 2.43. The SMILES string of the molecule is COCCN(CCCl)C(=O)C(C)(C)c1ccccc1. The zero-order valence-corrected chi connectivity index (χ0v) is 12.6. The molecule has 0 aromatic heterocycles. The van der Waals surface area contributed by atoms with Crippen LogP contribution in [0.2, 0.25) is 0 Å². The van der Waals surface area contributed by atoms with E-state index >= 15 is 0 Å². The molecular weight excluding hydrogens is 262 g/mol. The molecule has 0 aliphatic carbocycles. The number of rotatable bonds is 7. The van der Waals surface area contributed by atoms with E-state index in [0.717, 1.165) is 5.56 Å². The monoisotopic (exact) mass is 283 g/mol. The summed E-state index contributed by atoms with van der Waals surface area (Å²) in [5, 5.41) is 0. The summed E-state index contributed by atoms with van der Waals surface area (Å²) >= 11 is 5.78. The molecule has 0 saturated heterocycles. The molecule has 0 spiro atoms. The molecule has 1 aromatic carbocycles. The van der Waals surface area contributed by atoms with Crippen LogP contribution < -0.4 is 0 Å². The number of hydrogen-bond donors (Lipinski definition) is 0. The van der Waals surface area contributed by atoms with Crippen molar-refractivity contribution in [2.75, 3.05) is 32.7 Å². The maximum atomic E-state index is 12.7. The number of benzene rings is 1. The van der Waals surface area contributed by atoms with E-state index in [9.17, 15) is 4.79 Å². The molecule has 0 radical (unpaired) electrons. The van der Waals surface area contributed by atoms with Gasteiger partial charge in [0.2, 0.25) is 5.91 Å². The molecule has 1 aromatic rings. The largest absolute Gasteiger partial charge is 0.383 e. The minimum Gasteiger partial charge on any atom is -0.383 e. The highest BCUT2D eigenvalue weighted by Gasteiger charge is 2.33. The molecule has 106 valence electrons. The first-order valence-corrected chi connectivity index (χ1v) is 6.97. The number of ether oxygens (including phenoxy) is 1. The van der Waals surface area contributed by atoms with E-state index in [1.165, 1.54) is 0 Å². The minimum absolute atomic E-state index is 0.0800. The van der Waals surface area contributed by atoms with Gasteiger partial charge >= 0.3 is 0 Å². The Bertz CT molecular complexity index is 392. The maximum Gasteiger partial charge on any atom is 0.232 e. The zero-order chi connectivity index (χ0) is 14.3. The van der Waals surface area contributed by atoms with Crippen molar-refractivity contribution in [2.45, 2.75) is 19.3 Å². The highest BCUT2D eigenvalue weighted by molar-refractivity contribution is 6.18. The Balaban J connectivity index is 2.88. The predicted octanol–water partition coefficient (Wildman–Crippen LogP) is 2.68. The molecule has 0 N–H and O–H groups in total. The molecule has 0 aliphatic rings. The fourth-order valence-corrected chi connectivity index (χ4v) is 2.20. The van der Waals surface area contributed by atoms with Crippen LogP contribution in [0.1, 0.15) is 19.4 Å². The molecular formula is C15H22ClNO2. The van der Waals surface area contributed by atoms with Gasteiger partial charge in [-0.15, -0.1) is 11.6 Å². The number of carbonyl (C=O) groups is 1. The highest BCUT2D eigenvalue weighted by atomic mass is 35.5. The van der Waals surface area contributed by atoms with E-state index in [-0.39, 0.29) is 5.91 Å². The van der Waals surface area contributed by atoms with Crippen LogP contribution >= 0.6 is 11.6 Å². The smallest absolute Gasteiger partial charge is 0.232 e. The Morgan fingerprint density at radius 1 is 1.26 bits per heavy atom. The van der Waals surface area contributed by atoms with Gasteiger partial charge in [0.1, 0.15) is 0 Å². The maximum absolute atomic E-state index is 12.7. The molecule has 0 aliphatic heterocycles. The number of alkyl halides is 1. The van der Waals surface area contributed by atoms with Gasteiger partial charge in [0.15, 0.2) is 0 Å². The van der Waals surface area contributed by atoms with E-state index in [0.29, 0.717) is 25.6 Å². The van der Waals surface area contributed by atoms with Crippen molar-refractivity contribution in [3.8, 4) is 0 Å². The van der Waals surface area contributed by atoms with E-state index in [1.807, 2.05) is 44.2 Å². The van der Waals surface area contributed by atoms with Crippen LogP contribution in [0, 0.1) is 0 Å². The predicted molar refractivity (Wildman–Crippen MR) is 78.6 cm³/mol. The van der Waals surface area contributed by atoms with Crippen LogP contribution in [0.4, 0.5) is 0 Å². The quantitative estimate of drug-likeness (QED) is 0.720. The summed E-state index contributed by atoms with van der Waals surface area (Å²) in [5.74, 6) is 0.511. The van der Waals surface area contributed by atoms with Crippen molar-refractivity contribution < 1.29 is 9.53 Å². The van der Waals surface area contributed by atoms with Crippen molar-refractivity contribution in [3.63, 3.8) is 0 Å². The third-order valence-corrected chi connectivity index (χ3v) is 3.41. The van der Waals surface area contributed by atoms with Crippen molar-refractivity contribution in [1.29, 1.82) is 0 Å². The summed E-state index contributed by atoms with van der Waals surface area (Å²) in [7, 11) is 1.63. The molecule has 4 heteroatoms. The van der Waals surface area contributed by atoms with E-state index < -0.39 is 5.41 Å². The van der Waals surface area contributed by atoms with Crippen LogP contribution in [0.5, 0.6) is 0 Å². The van der Waals surface area contributed by atoms with Crippen LogP contribution in [-0.4, -0.2) is 43.5 Å². The van der Waals surface area contributed by atoms with Crippen molar-refractivity contribution >= 4 is 17.5 Å². The first-order valence-electron chi connectivity index (χ1n) is 6.44. The lowest BCUT2D eigenvalue weighted by Gasteiger charge is -2.32. The summed E-state index contributed by atoms with van der Waals surface area (Å²) in [5.41, 5.74) is 0.457. The Morgan fingerprint density at radius 3 is 2.42 bits per heavy atom. The molecule has 0 atom stereocenters. The number of carbonyl (C=O) groups excluding carboxylic acids is 1. The first-order chi connectivity index (χ1) is 9.04. The van der Waals surface area contributed by atoms with Gasteiger partial charge in [-0.25, -0.2) is 0 Å². The lowest BCUT2D eigenvalue weighted by Crippen LogP contribution is -2.45. The summed E-state index contributed by atoms with van der Waals surface area (Å²) in [6, 6.07) is 9.81. The summed E-state index contributed by atoms with van der Waals surface area (Å²) in [4.78, 5) is 14.4. The highest BCUT2D eigenvalue weighted by Crippen LogP contribution is 2.25. The number of hydrogen-bond acceptors (Lipinski definition) is 2. The van der Waals surface area contributed by atoms with Crippen LogP contribution in [0.15, 0.2) is 30.3 Å². The topological polar surface area (TPSA) is 29.5 Å². The minimum atomic E-state index is -0.555. The lowest BCUT2D eigenvalue weighted by molar-refractivity contribution is -0.136. The van der Waals surface area contributed by atoms with Gasteiger partial charge in [-0.2, -0.15) is 0 Å². The van der Waals surface area contributed by atoms with Crippen molar-refractivity contribution in [3.05, 3.63) is 35.9 Å². The van der Waals surface area contributed by atoms with E-state index in [4.69, 9.17) is 16.3 Å². The van der Waals surface area contributed by atoms with Crippen LogP contribution in [0.3, 0.4) is 0 Å². The molecule has 1 rings (SSSR count). The van der Waals surface area contributed by atoms with Gasteiger partial charge in [0.25, 0.3) is 0 Å². The second kappa shape index (κ2) is 7.51. The van der Waals surface area contributed by atoms with Crippen molar-refractivity contribution in [1.82, 2.24) is 4.90 Å². The zero-order valence-electron chi connectivity index (χ0n) is 11.9. The fraction of sp³-hybridized carbons (Fsp3) is 0.533. The Kier molecular flexibility index (Phi) is 6.32. The van der Waals surface area contributed by atoms with E-state index in [2.05, 4.69) is 0 Å². The second-order valence-electron chi connectivity index (χ2n) is 4.97. The Labute approximate surface area is 120 Å². The van der Waals surface area contributed by atoms with Gasteiger partial charge in [-0.05, 0) is 19.4 Å². The number of halogens is 1. The molecule has 0 unspecified atom stereocenters. The second-order valence-corrected chi connectivity index (χ2v) is 5.34. The Hall–Kier alpha value is -1.06. The van der Waals surface area contributed by atoms with Gasteiger partial charge in [0.05, 0.1) is 12.0 Å². The first kappa shape index (κ1) is 16.0. The van der Waals surface area contributed by atoms with Crippen LogP contribution in [0.25, 0.3) is 0 Å². The summed E-state index contributed by atoms with van der Waals surface area (Å²) in [6.07, 6.45) is 0. The third kappa shape index (κ3) is 4.22. The summed E-state index contributed by atoms with van der Waals surface area (Å²) in [6.45, 7) is 5.52. The lowest BCUT2D eigenvalue weighted by atomic mass is 9.83. The number of nitrogens with zero attached hydrogens (tertiary/aromatic N) is 1. The van der Waals surface area contributed by atoms with Gasteiger partial charge in [0, 0.05) is 26.1 Å². The van der Waals surface area contributed by atoms with Gasteiger partial charge in [-0.3, -0.25) is 4.79 Å². The molecule has 1 amide bonds.